The second-order valence-electron chi connectivity index (χ2n) is 8.70. The van der Waals surface area contributed by atoms with Crippen LogP contribution in [0, 0.1) is 0 Å². The fourth-order valence-corrected chi connectivity index (χ4v) is 1.67. The van der Waals surface area contributed by atoms with Crippen molar-refractivity contribution in [1.29, 1.82) is 0 Å². The standard InChI is InChI=1S/C8H8F6O3.C5H4F6O3.C5H8O2.C4H4F6O2.B.Na.H/c1-4(2)5(15)17-3-6(16,7(9,10)11)8(12,13)14;1-14-2(12)3(13,4(6,7)8)5(9,10)11;1-4(2)5(6)7-3;5-3(6,7)2(12,1-11)4(8,9)10;;;/h16H,1,3H2,2H3;13H,1H3;1H2,2-3H3;11-12H,1H2;;;/q;;;;;+1;-1. The molecule has 0 rings (SSSR count). The monoisotopic (exact) mass is 825 g/mol. The largest absolute Gasteiger partial charge is 1.00 e. The zero-order valence-corrected chi connectivity index (χ0v) is 28.4. The zero-order chi connectivity index (χ0) is 41.9. The minimum absolute atomic E-state index is 0. The molecule has 0 atom stereocenters. The van der Waals surface area contributed by atoms with E-state index in [-0.39, 0.29) is 45.4 Å². The molecule has 303 valence electrons. The SMILES string of the molecule is C=C(C)C(=O)OC.C=C(C)C(=O)OCC(O)(C(F)(F)F)C(F)(F)F.COC(=O)C(O)(C(F)(F)F)C(F)(F)F.OCC(O)(C(F)(F)F)C(F)(F)F.[B].[H-].[Na+]. The van der Waals surface area contributed by atoms with E-state index in [0.717, 1.165) is 6.92 Å². The van der Waals surface area contributed by atoms with Crippen molar-refractivity contribution in [3.05, 3.63) is 24.3 Å². The van der Waals surface area contributed by atoms with Crippen LogP contribution in [0.5, 0.6) is 0 Å². The number of alkyl halides is 18. The summed E-state index contributed by atoms with van der Waals surface area (Å²) in [4.78, 5) is 31.1. The molecule has 52 heavy (non-hydrogen) atoms. The summed E-state index contributed by atoms with van der Waals surface area (Å²) >= 11 is 0. The predicted octanol–water partition coefficient (Wildman–Crippen LogP) is 1.28. The number of aliphatic hydroxyl groups excluding tert-OH is 1. The van der Waals surface area contributed by atoms with Crippen molar-refractivity contribution in [2.24, 2.45) is 0 Å². The number of methoxy groups -OCH3 is 2. The van der Waals surface area contributed by atoms with Crippen molar-refractivity contribution in [3.63, 3.8) is 0 Å². The molecule has 30 heteroatoms. The van der Waals surface area contributed by atoms with Crippen molar-refractivity contribution < 1.29 is 159 Å². The van der Waals surface area contributed by atoms with Gasteiger partial charge in [0.25, 0.3) is 11.2 Å². The first-order valence-electron chi connectivity index (χ1n) is 11.4. The third kappa shape index (κ3) is 16.7. The number of ether oxygens (including phenoxy) is 3. The number of aliphatic hydroxyl groups is 4. The van der Waals surface area contributed by atoms with Gasteiger partial charge in [0.15, 0.2) is 0 Å². The van der Waals surface area contributed by atoms with Crippen LogP contribution in [-0.2, 0) is 28.6 Å². The van der Waals surface area contributed by atoms with E-state index >= 15 is 0 Å². The molecular formula is C22H25BF18NaO10. The van der Waals surface area contributed by atoms with E-state index in [4.69, 9.17) is 20.4 Å². The first-order valence-corrected chi connectivity index (χ1v) is 11.4. The Morgan fingerprint density at radius 2 is 0.827 bits per heavy atom. The summed E-state index contributed by atoms with van der Waals surface area (Å²) in [5, 5.41) is 32.5. The van der Waals surface area contributed by atoms with Crippen LogP contribution in [0.3, 0.4) is 0 Å². The quantitative estimate of drug-likeness (QED) is 0.101. The third-order valence-electron chi connectivity index (χ3n) is 4.70. The van der Waals surface area contributed by atoms with Gasteiger partial charge in [0.1, 0.15) is 6.61 Å². The van der Waals surface area contributed by atoms with Gasteiger partial charge < -0.3 is 36.1 Å². The molecule has 0 fully saturated rings. The molecule has 0 aliphatic carbocycles. The number of rotatable bonds is 6. The number of halogens is 18. The summed E-state index contributed by atoms with van der Waals surface area (Å²) in [7, 11) is 1.63. The Bertz CT molecular complexity index is 1120. The molecule has 0 unspecified atom stereocenters. The average molecular weight is 825 g/mol. The molecule has 0 heterocycles. The van der Waals surface area contributed by atoms with Crippen molar-refractivity contribution in [3.8, 4) is 0 Å². The van der Waals surface area contributed by atoms with Gasteiger partial charge in [-0.2, -0.15) is 79.0 Å². The third-order valence-corrected chi connectivity index (χ3v) is 4.70. The van der Waals surface area contributed by atoms with Crippen LogP contribution in [0.25, 0.3) is 0 Å². The second kappa shape index (κ2) is 21.4. The van der Waals surface area contributed by atoms with Gasteiger partial charge in [0.2, 0.25) is 0 Å². The van der Waals surface area contributed by atoms with E-state index in [1.165, 1.54) is 7.11 Å². The van der Waals surface area contributed by atoms with Crippen LogP contribution in [-0.4, -0.2) is 128 Å². The number of hydrogen-bond acceptors (Lipinski definition) is 10. The number of hydrogen-bond donors (Lipinski definition) is 4. The summed E-state index contributed by atoms with van der Waals surface area (Å²) in [6, 6.07) is 0. The van der Waals surface area contributed by atoms with Crippen LogP contribution in [0.1, 0.15) is 15.3 Å². The Morgan fingerprint density at radius 1 is 0.558 bits per heavy atom. The molecule has 0 aliphatic heterocycles. The fraction of sp³-hybridized carbons (Fsp3) is 0.682. The molecule has 0 aliphatic rings. The summed E-state index contributed by atoms with van der Waals surface area (Å²) in [6.45, 7) is 4.23. The topological polar surface area (TPSA) is 160 Å². The molecule has 0 amide bonds. The zero-order valence-electron chi connectivity index (χ0n) is 27.4. The van der Waals surface area contributed by atoms with E-state index in [0.29, 0.717) is 12.7 Å². The van der Waals surface area contributed by atoms with Crippen molar-refractivity contribution >= 4 is 26.3 Å². The van der Waals surface area contributed by atoms with E-state index in [1.54, 1.807) is 6.92 Å². The van der Waals surface area contributed by atoms with E-state index in [1.807, 2.05) is 0 Å². The second-order valence-corrected chi connectivity index (χ2v) is 8.70. The summed E-state index contributed by atoms with van der Waals surface area (Å²) in [6.07, 6.45) is -36.3. The molecule has 10 nitrogen and oxygen atoms in total. The molecule has 4 N–H and O–H groups in total. The maximum atomic E-state index is 12.1. The van der Waals surface area contributed by atoms with Gasteiger partial charge in [-0.05, 0) is 13.8 Å². The molecular weight excluding hydrogens is 800 g/mol. The molecule has 0 aromatic carbocycles. The number of carbonyl (C=O) groups is 3. The van der Waals surface area contributed by atoms with Gasteiger partial charge in [-0.25, -0.2) is 14.4 Å². The molecule has 0 bridgehead atoms. The Labute approximate surface area is 304 Å². The maximum absolute atomic E-state index is 12.1. The Morgan fingerprint density at radius 3 is 0.923 bits per heavy atom. The number of esters is 3. The number of carbonyl (C=O) groups excluding carboxylic acids is 3. The maximum Gasteiger partial charge on any atom is 1.00 e. The first kappa shape index (κ1) is 61.6. The van der Waals surface area contributed by atoms with E-state index < -0.39 is 84.6 Å². The average Bonchev–Trinajstić information content (AvgIpc) is 2.90. The minimum atomic E-state index is -6.18. The summed E-state index contributed by atoms with van der Waals surface area (Å²) < 4.78 is 223. The minimum Gasteiger partial charge on any atom is -1.00 e. The van der Waals surface area contributed by atoms with Crippen LogP contribution >= 0.6 is 0 Å². The van der Waals surface area contributed by atoms with Crippen molar-refractivity contribution in [2.45, 2.75) is 67.7 Å². The van der Waals surface area contributed by atoms with Crippen molar-refractivity contribution in [2.75, 3.05) is 27.4 Å². The molecule has 0 aromatic rings. The summed E-state index contributed by atoms with van der Waals surface area (Å²) in [5.41, 5.74) is -15.6. The van der Waals surface area contributed by atoms with Gasteiger partial charge in [0.05, 0.1) is 20.8 Å². The van der Waals surface area contributed by atoms with Gasteiger partial charge in [-0.3, -0.25) is 0 Å². The Balaban J connectivity index is -0.000000108. The van der Waals surface area contributed by atoms with Gasteiger partial charge >= 0.3 is 90.1 Å². The Kier molecular flexibility index (Phi) is 25.4. The van der Waals surface area contributed by atoms with Crippen molar-refractivity contribution in [1.82, 2.24) is 0 Å². The Hall–Kier alpha value is -2.47. The predicted molar refractivity (Wildman–Crippen MR) is 130 cm³/mol. The van der Waals surface area contributed by atoms with Gasteiger partial charge in [-0.1, -0.05) is 13.2 Å². The van der Waals surface area contributed by atoms with E-state index in [9.17, 15) is 93.4 Å². The molecule has 0 aromatic heterocycles. The van der Waals surface area contributed by atoms with Crippen LogP contribution in [0.4, 0.5) is 79.0 Å². The van der Waals surface area contributed by atoms with Gasteiger partial charge in [0, 0.05) is 19.6 Å². The molecule has 0 saturated carbocycles. The summed E-state index contributed by atoms with van der Waals surface area (Å²) in [5.74, 6) is -4.63. The van der Waals surface area contributed by atoms with Crippen LogP contribution in [0.15, 0.2) is 24.3 Å². The van der Waals surface area contributed by atoms with Gasteiger partial charge in [-0.15, -0.1) is 0 Å². The molecule has 0 saturated heterocycles. The normalized spacial score (nSPS) is 12.7. The van der Waals surface area contributed by atoms with Crippen LogP contribution in [0.2, 0.25) is 0 Å². The van der Waals surface area contributed by atoms with Crippen LogP contribution < -0.4 is 29.6 Å². The first-order chi connectivity index (χ1) is 21.5. The molecule has 3 radical (unpaired) electrons. The molecule has 0 spiro atoms. The smallest absolute Gasteiger partial charge is 1.00 e. The van der Waals surface area contributed by atoms with E-state index in [2.05, 4.69) is 27.4 Å². The fourth-order valence-electron chi connectivity index (χ4n) is 1.67.